The number of rotatable bonds is 5. The average Bonchev–Trinajstić information content (AvgIpc) is 2.55. The van der Waals surface area contributed by atoms with Gasteiger partial charge in [0.1, 0.15) is 18.8 Å². The molecule has 0 saturated heterocycles. The molecule has 0 saturated carbocycles. The molecule has 2 aromatic carbocycles. The molecular formula is C17H13FN2O3. The Labute approximate surface area is 132 Å². The third-order valence-electron chi connectivity index (χ3n) is 2.96. The van der Waals surface area contributed by atoms with Gasteiger partial charge < -0.3 is 10.1 Å². The van der Waals surface area contributed by atoms with Gasteiger partial charge in [0.15, 0.2) is 0 Å². The molecule has 0 aliphatic carbocycles. The summed E-state index contributed by atoms with van der Waals surface area (Å²) in [5.41, 5.74) is 1.04. The Hall–Kier alpha value is -3.20. The van der Waals surface area contributed by atoms with E-state index in [0.29, 0.717) is 11.3 Å². The van der Waals surface area contributed by atoms with Gasteiger partial charge >= 0.3 is 5.97 Å². The van der Waals surface area contributed by atoms with Gasteiger partial charge in [0.05, 0.1) is 11.6 Å². The number of nitrogens with zero attached hydrogens (tertiary/aromatic N) is 1. The number of hydrogen-bond acceptors (Lipinski definition) is 4. The molecule has 0 fully saturated rings. The fraction of sp³-hybridized carbons (Fsp3) is 0.118. The molecule has 1 N–H and O–H groups in total. The van der Waals surface area contributed by atoms with Gasteiger partial charge in [0.2, 0.25) is 5.91 Å². The van der Waals surface area contributed by atoms with Crippen molar-refractivity contribution < 1.29 is 18.7 Å². The molecule has 0 aromatic heterocycles. The second-order valence-electron chi connectivity index (χ2n) is 4.63. The van der Waals surface area contributed by atoms with Gasteiger partial charge in [-0.25, -0.2) is 9.18 Å². The summed E-state index contributed by atoms with van der Waals surface area (Å²) in [5, 5.41) is 10.9. The van der Waals surface area contributed by atoms with E-state index in [4.69, 9.17) is 10.00 Å². The fourth-order valence-electron chi connectivity index (χ4n) is 1.81. The maximum Gasteiger partial charge on any atom is 0.338 e. The molecule has 0 radical (unpaired) electrons. The Morgan fingerprint density at radius 3 is 2.48 bits per heavy atom. The molecule has 0 spiro atoms. The normalized spacial score (nSPS) is 9.74. The van der Waals surface area contributed by atoms with Crippen molar-refractivity contribution in [1.29, 1.82) is 5.26 Å². The largest absolute Gasteiger partial charge is 0.457 e. The SMILES string of the molecule is N#CCC(=O)Nc1ccc(C(=O)OCc2ccccc2F)cc1. The van der Waals surface area contributed by atoms with Gasteiger partial charge in [-0.2, -0.15) is 5.26 Å². The zero-order valence-corrected chi connectivity index (χ0v) is 12.1. The van der Waals surface area contributed by atoms with Crippen LogP contribution >= 0.6 is 0 Å². The Balaban J connectivity index is 1.94. The number of esters is 1. The number of halogens is 1. The molecule has 6 heteroatoms. The number of benzene rings is 2. The summed E-state index contributed by atoms with van der Waals surface area (Å²) in [6.45, 7) is -0.161. The molecule has 2 rings (SSSR count). The Bertz CT molecular complexity index is 751. The van der Waals surface area contributed by atoms with Crippen molar-refractivity contribution in [3.05, 3.63) is 65.5 Å². The number of nitriles is 1. The number of nitrogens with one attached hydrogen (secondary N) is 1. The molecule has 116 valence electrons. The highest BCUT2D eigenvalue weighted by Crippen LogP contribution is 2.13. The van der Waals surface area contributed by atoms with E-state index in [0.717, 1.165) is 0 Å². The summed E-state index contributed by atoms with van der Waals surface area (Å²) < 4.78 is 18.5. The molecule has 23 heavy (non-hydrogen) atoms. The molecule has 0 aliphatic rings. The third-order valence-corrected chi connectivity index (χ3v) is 2.96. The van der Waals surface area contributed by atoms with Gasteiger partial charge in [-0.05, 0) is 30.3 Å². The van der Waals surface area contributed by atoms with Crippen molar-refractivity contribution in [1.82, 2.24) is 0 Å². The van der Waals surface area contributed by atoms with Crippen molar-refractivity contribution in [2.45, 2.75) is 13.0 Å². The first-order valence-corrected chi connectivity index (χ1v) is 6.77. The molecule has 2 aromatic rings. The van der Waals surface area contributed by atoms with Crippen molar-refractivity contribution in [3.63, 3.8) is 0 Å². The van der Waals surface area contributed by atoms with Crippen molar-refractivity contribution in [3.8, 4) is 6.07 Å². The zero-order chi connectivity index (χ0) is 16.7. The van der Waals surface area contributed by atoms with E-state index in [-0.39, 0.29) is 18.6 Å². The monoisotopic (exact) mass is 312 g/mol. The predicted molar refractivity (Wildman–Crippen MR) is 80.8 cm³/mol. The van der Waals surface area contributed by atoms with Gasteiger partial charge in [-0.3, -0.25) is 4.79 Å². The second-order valence-corrected chi connectivity index (χ2v) is 4.63. The fourth-order valence-corrected chi connectivity index (χ4v) is 1.81. The average molecular weight is 312 g/mol. The standard InChI is InChI=1S/C17H13FN2O3/c18-15-4-2-1-3-13(15)11-23-17(22)12-5-7-14(8-6-12)20-16(21)9-10-19/h1-8H,9,11H2,(H,20,21). The number of carbonyl (C=O) groups excluding carboxylic acids is 2. The van der Waals surface area contributed by atoms with Gasteiger partial charge in [-0.1, -0.05) is 18.2 Å². The maximum absolute atomic E-state index is 13.4. The predicted octanol–water partition coefficient (Wildman–Crippen LogP) is 3.03. The Morgan fingerprint density at radius 1 is 1.13 bits per heavy atom. The van der Waals surface area contributed by atoms with Gasteiger partial charge in [0.25, 0.3) is 0 Å². The van der Waals surface area contributed by atoms with E-state index in [9.17, 15) is 14.0 Å². The maximum atomic E-state index is 13.4. The minimum Gasteiger partial charge on any atom is -0.457 e. The van der Waals surface area contributed by atoms with E-state index in [2.05, 4.69) is 5.32 Å². The summed E-state index contributed by atoms with van der Waals surface area (Å²) in [5.74, 6) is -1.46. The first kappa shape index (κ1) is 16.2. The van der Waals surface area contributed by atoms with Crippen molar-refractivity contribution in [2.24, 2.45) is 0 Å². The van der Waals surface area contributed by atoms with Gasteiger partial charge in [-0.15, -0.1) is 0 Å². The van der Waals surface area contributed by atoms with Crippen molar-refractivity contribution in [2.75, 3.05) is 5.32 Å². The van der Waals surface area contributed by atoms with Crippen LogP contribution in [-0.4, -0.2) is 11.9 Å². The summed E-state index contributed by atoms with van der Waals surface area (Å²) in [6, 6.07) is 13.8. The summed E-state index contributed by atoms with van der Waals surface area (Å²) in [6.07, 6.45) is -0.244. The summed E-state index contributed by atoms with van der Waals surface area (Å²) in [7, 11) is 0. The third kappa shape index (κ3) is 4.64. The van der Waals surface area contributed by atoms with E-state index in [1.807, 2.05) is 0 Å². The lowest BCUT2D eigenvalue weighted by molar-refractivity contribution is -0.115. The lowest BCUT2D eigenvalue weighted by Gasteiger charge is -2.07. The summed E-state index contributed by atoms with van der Waals surface area (Å²) in [4.78, 5) is 23.2. The first-order valence-electron chi connectivity index (χ1n) is 6.77. The number of hydrogen-bond donors (Lipinski definition) is 1. The van der Waals surface area contributed by atoms with Crippen LogP contribution in [0.5, 0.6) is 0 Å². The molecule has 5 nitrogen and oxygen atoms in total. The molecule has 0 bridgehead atoms. The Kier molecular flexibility index (Phi) is 5.42. The van der Waals surface area contributed by atoms with E-state index < -0.39 is 17.7 Å². The van der Waals surface area contributed by atoms with E-state index in [1.54, 1.807) is 18.2 Å². The smallest absolute Gasteiger partial charge is 0.338 e. The highest BCUT2D eigenvalue weighted by Gasteiger charge is 2.09. The first-order chi connectivity index (χ1) is 11.1. The molecule has 0 aliphatic heterocycles. The molecule has 0 heterocycles. The Morgan fingerprint density at radius 2 is 1.83 bits per heavy atom. The lowest BCUT2D eigenvalue weighted by Crippen LogP contribution is -2.10. The van der Waals surface area contributed by atoms with Crippen LogP contribution in [-0.2, 0) is 16.1 Å². The zero-order valence-electron chi connectivity index (χ0n) is 12.1. The minimum atomic E-state index is -0.594. The van der Waals surface area contributed by atoms with Crippen LogP contribution in [0.4, 0.5) is 10.1 Å². The highest BCUT2D eigenvalue weighted by molar-refractivity contribution is 5.93. The number of anilines is 1. The highest BCUT2D eigenvalue weighted by atomic mass is 19.1. The summed E-state index contributed by atoms with van der Waals surface area (Å²) >= 11 is 0. The minimum absolute atomic E-state index is 0.161. The quantitative estimate of drug-likeness (QED) is 0.861. The van der Waals surface area contributed by atoms with E-state index in [1.165, 1.54) is 36.4 Å². The van der Waals surface area contributed by atoms with Crippen LogP contribution in [0.3, 0.4) is 0 Å². The molecule has 0 atom stereocenters. The number of ether oxygens (including phenoxy) is 1. The molecular weight excluding hydrogens is 299 g/mol. The van der Waals surface area contributed by atoms with Crippen molar-refractivity contribution >= 4 is 17.6 Å². The van der Waals surface area contributed by atoms with Crippen LogP contribution < -0.4 is 5.32 Å². The van der Waals surface area contributed by atoms with Crippen LogP contribution in [0, 0.1) is 17.1 Å². The van der Waals surface area contributed by atoms with E-state index >= 15 is 0 Å². The van der Waals surface area contributed by atoms with Crippen LogP contribution in [0.2, 0.25) is 0 Å². The van der Waals surface area contributed by atoms with Crippen LogP contribution in [0.1, 0.15) is 22.3 Å². The molecule has 0 unspecified atom stereocenters. The van der Waals surface area contributed by atoms with Crippen LogP contribution in [0.15, 0.2) is 48.5 Å². The van der Waals surface area contributed by atoms with Crippen LogP contribution in [0.25, 0.3) is 0 Å². The second kappa shape index (κ2) is 7.71. The lowest BCUT2D eigenvalue weighted by atomic mass is 10.2. The topological polar surface area (TPSA) is 79.2 Å². The molecule has 1 amide bonds. The number of amides is 1. The van der Waals surface area contributed by atoms with Gasteiger partial charge in [0, 0.05) is 11.3 Å². The number of carbonyl (C=O) groups is 2.